The van der Waals surface area contributed by atoms with Gasteiger partial charge in [0.25, 0.3) is 0 Å². The molecule has 0 saturated carbocycles. The topological polar surface area (TPSA) is 78.4 Å². The summed E-state index contributed by atoms with van der Waals surface area (Å²) in [6.45, 7) is 0. The Labute approximate surface area is 157 Å². The monoisotopic (exact) mass is 398 g/mol. The van der Waals surface area contributed by atoms with Crippen LogP contribution in [0.5, 0.6) is 0 Å². The second kappa shape index (κ2) is 6.86. The van der Waals surface area contributed by atoms with E-state index in [1.54, 1.807) is 6.07 Å². The number of aliphatic hydroxyl groups is 1. The van der Waals surface area contributed by atoms with Gasteiger partial charge in [0.2, 0.25) is 5.72 Å². The van der Waals surface area contributed by atoms with Crippen LogP contribution in [-0.4, -0.2) is 28.8 Å². The van der Waals surface area contributed by atoms with Gasteiger partial charge in [0, 0.05) is 10.6 Å². The molecule has 2 aromatic rings. The van der Waals surface area contributed by atoms with Crippen molar-refractivity contribution in [3.8, 4) is 0 Å². The van der Waals surface area contributed by atoms with Crippen LogP contribution in [0.2, 0.25) is 5.02 Å². The quantitative estimate of drug-likeness (QED) is 0.693. The van der Waals surface area contributed by atoms with Crippen molar-refractivity contribution in [2.45, 2.75) is 17.9 Å². The molecule has 1 aliphatic heterocycles. The summed E-state index contributed by atoms with van der Waals surface area (Å²) in [5.41, 5.74) is -3.63. The number of ketones is 1. The lowest BCUT2D eigenvalue weighted by Crippen LogP contribution is -2.72. The molecule has 3 rings (SSSR count). The predicted octanol–water partition coefficient (Wildman–Crippen LogP) is 3.44. The number of urea groups is 1. The second-order valence-corrected chi connectivity index (χ2v) is 6.54. The molecule has 0 aromatic heterocycles. The Bertz CT molecular complexity index is 876. The number of halogens is 4. The van der Waals surface area contributed by atoms with Crippen molar-refractivity contribution in [2.24, 2.45) is 5.92 Å². The summed E-state index contributed by atoms with van der Waals surface area (Å²) in [5.74, 6) is -3.05. The molecule has 0 spiro atoms. The first-order valence-corrected chi connectivity index (χ1v) is 8.24. The summed E-state index contributed by atoms with van der Waals surface area (Å²) < 4.78 is 41.2. The number of carbonyl (C=O) groups excluding carboxylic acids is 2. The number of Topliss-reactive ketones (excluding diaryl/α,β-unsaturated/α-hetero) is 1. The van der Waals surface area contributed by atoms with Gasteiger partial charge < -0.3 is 15.7 Å². The summed E-state index contributed by atoms with van der Waals surface area (Å²) in [7, 11) is 0. The molecule has 0 aliphatic carbocycles. The van der Waals surface area contributed by atoms with Crippen LogP contribution >= 0.6 is 11.6 Å². The first-order chi connectivity index (χ1) is 12.6. The number of hydrogen-bond acceptors (Lipinski definition) is 3. The highest BCUT2D eigenvalue weighted by atomic mass is 35.5. The van der Waals surface area contributed by atoms with Crippen LogP contribution < -0.4 is 10.6 Å². The van der Waals surface area contributed by atoms with Gasteiger partial charge in [-0.2, -0.15) is 13.2 Å². The Kier molecular flexibility index (Phi) is 4.88. The molecule has 142 valence electrons. The second-order valence-electron chi connectivity index (χ2n) is 6.10. The van der Waals surface area contributed by atoms with E-state index in [2.05, 4.69) is 5.32 Å². The number of alkyl halides is 3. The zero-order valence-electron chi connectivity index (χ0n) is 13.6. The SMILES string of the molecule is O=C1N[C@H](c2cccc(Cl)c2)[C@@H](C(=O)c2ccccc2)[C@@](O)(C(F)(F)F)N1. The minimum atomic E-state index is -5.29. The molecule has 5 nitrogen and oxygen atoms in total. The minimum Gasteiger partial charge on any atom is -0.363 e. The number of nitrogens with one attached hydrogen (secondary N) is 2. The summed E-state index contributed by atoms with van der Waals surface area (Å²) in [5, 5.41) is 14.4. The maximum atomic E-state index is 13.7. The third-order valence-electron chi connectivity index (χ3n) is 4.35. The fraction of sp³-hybridized carbons (Fsp3) is 0.222. The van der Waals surface area contributed by atoms with E-state index < -0.39 is 35.7 Å². The third kappa shape index (κ3) is 3.50. The highest BCUT2D eigenvalue weighted by molar-refractivity contribution is 6.30. The maximum absolute atomic E-state index is 13.7. The number of amides is 2. The van der Waals surface area contributed by atoms with Crippen LogP contribution in [0.4, 0.5) is 18.0 Å². The third-order valence-corrected chi connectivity index (χ3v) is 4.59. The van der Waals surface area contributed by atoms with Crippen LogP contribution in [0.15, 0.2) is 54.6 Å². The van der Waals surface area contributed by atoms with Crippen molar-refractivity contribution in [3.63, 3.8) is 0 Å². The van der Waals surface area contributed by atoms with Gasteiger partial charge in [-0.25, -0.2) is 4.79 Å². The van der Waals surface area contributed by atoms with Gasteiger partial charge in [-0.15, -0.1) is 0 Å². The van der Waals surface area contributed by atoms with Gasteiger partial charge >= 0.3 is 12.2 Å². The number of carbonyl (C=O) groups is 2. The maximum Gasteiger partial charge on any atom is 0.437 e. The molecule has 1 aliphatic rings. The molecule has 1 heterocycles. The van der Waals surface area contributed by atoms with Crippen LogP contribution in [0.25, 0.3) is 0 Å². The van der Waals surface area contributed by atoms with Gasteiger partial charge in [0.05, 0.1) is 6.04 Å². The molecule has 9 heteroatoms. The van der Waals surface area contributed by atoms with E-state index in [9.17, 15) is 27.9 Å². The molecule has 2 amide bonds. The summed E-state index contributed by atoms with van der Waals surface area (Å²) >= 11 is 5.91. The Balaban J connectivity index is 2.17. The van der Waals surface area contributed by atoms with E-state index in [-0.39, 0.29) is 16.1 Å². The lowest BCUT2D eigenvalue weighted by atomic mass is 9.77. The summed E-state index contributed by atoms with van der Waals surface area (Å²) in [6, 6.07) is 10.3. The molecular formula is C18H14ClF3N2O3. The van der Waals surface area contributed by atoms with Crippen LogP contribution in [0.1, 0.15) is 22.0 Å². The van der Waals surface area contributed by atoms with E-state index >= 15 is 0 Å². The van der Waals surface area contributed by atoms with Gasteiger partial charge in [0.1, 0.15) is 5.92 Å². The van der Waals surface area contributed by atoms with Gasteiger partial charge in [-0.1, -0.05) is 54.1 Å². The Morgan fingerprint density at radius 1 is 1.11 bits per heavy atom. The van der Waals surface area contributed by atoms with Crippen molar-refractivity contribution < 1.29 is 27.9 Å². The zero-order valence-corrected chi connectivity index (χ0v) is 14.4. The van der Waals surface area contributed by atoms with Gasteiger partial charge in [0.15, 0.2) is 5.78 Å². The molecular weight excluding hydrogens is 385 g/mol. The fourth-order valence-corrected chi connectivity index (χ4v) is 3.30. The number of rotatable bonds is 3. The molecule has 3 N–H and O–H groups in total. The molecule has 3 atom stereocenters. The van der Waals surface area contributed by atoms with E-state index in [1.165, 1.54) is 53.8 Å². The molecule has 0 unspecified atom stereocenters. The van der Waals surface area contributed by atoms with E-state index in [0.29, 0.717) is 0 Å². The molecule has 27 heavy (non-hydrogen) atoms. The largest absolute Gasteiger partial charge is 0.437 e. The average molecular weight is 399 g/mol. The zero-order chi connectivity index (χ0) is 19.8. The van der Waals surface area contributed by atoms with E-state index in [0.717, 1.165) is 0 Å². The molecule has 0 radical (unpaired) electrons. The predicted molar refractivity (Wildman–Crippen MR) is 91.1 cm³/mol. The fourth-order valence-electron chi connectivity index (χ4n) is 3.10. The lowest BCUT2D eigenvalue weighted by molar-refractivity contribution is -0.287. The first kappa shape index (κ1) is 19.2. The van der Waals surface area contributed by atoms with Crippen LogP contribution in [0.3, 0.4) is 0 Å². The van der Waals surface area contributed by atoms with Crippen molar-refractivity contribution >= 4 is 23.4 Å². The highest BCUT2D eigenvalue weighted by Gasteiger charge is 2.66. The van der Waals surface area contributed by atoms with Crippen LogP contribution in [-0.2, 0) is 0 Å². The molecule has 0 bridgehead atoms. The van der Waals surface area contributed by atoms with Crippen molar-refractivity contribution in [3.05, 3.63) is 70.7 Å². The highest BCUT2D eigenvalue weighted by Crippen LogP contribution is 2.44. The van der Waals surface area contributed by atoms with Crippen molar-refractivity contribution in [1.82, 2.24) is 10.6 Å². The standard InChI is InChI=1S/C18H14ClF3N2O3/c19-12-8-4-7-11(9-12)14-13(15(25)10-5-2-1-3-6-10)17(27,18(20,21)22)24-16(26)23-14/h1-9,13-14,27H,(H2,23,24,26)/t13-,14+,17+/m0/s1. The van der Waals surface area contributed by atoms with E-state index in [1.807, 2.05) is 0 Å². The summed E-state index contributed by atoms with van der Waals surface area (Å²) in [6.07, 6.45) is -5.29. The minimum absolute atomic E-state index is 0.0323. The molecule has 1 fully saturated rings. The molecule has 1 saturated heterocycles. The Morgan fingerprint density at radius 2 is 1.78 bits per heavy atom. The van der Waals surface area contributed by atoms with Crippen molar-refractivity contribution in [2.75, 3.05) is 0 Å². The molecule has 2 aromatic carbocycles. The van der Waals surface area contributed by atoms with Gasteiger partial charge in [-0.05, 0) is 17.7 Å². The number of hydrogen-bond donors (Lipinski definition) is 3. The lowest BCUT2D eigenvalue weighted by Gasteiger charge is -2.45. The average Bonchev–Trinajstić information content (AvgIpc) is 2.60. The smallest absolute Gasteiger partial charge is 0.363 e. The number of benzene rings is 2. The van der Waals surface area contributed by atoms with E-state index in [4.69, 9.17) is 11.6 Å². The van der Waals surface area contributed by atoms with Gasteiger partial charge in [-0.3, -0.25) is 4.79 Å². The van der Waals surface area contributed by atoms with Crippen molar-refractivity contribution in [1.29, 1.82) is 0 Å². The Morgan fingerprint density at radius 3 is 2.37 bits per heavy atom. The summed E-state index contributed by atoms with van der Waals surface area (Å²) in [4.78, 5) is 24.8. The van der Waals surface area contributed by atoms with Crippen LogP contribution in [0, 0.1) is 5.92 Å². The normalized spacial score (nSPS) is 25.4. The Hall–Kier alpha value is -2.58. The first-order valence-electron chi connectivity index (χ1n) is 7.86.